The molecule has 0 bridgehead atoms. The Morgan fingerprint density at radius 2 is 1.67 bits per heavy atom. The van der Waals surface area contributed by atoms with E-state index in [-0.39, 0.29) is 6.10 Å². The molecule has 18 heavy (non-hydrogen) atoms. The number of ether oxygens (including phenoxy) is 2. The van der Waals surface area contributed by atoms with Gasteiger partial charge in [0.25, 0.3) is 0 Å². The molecule has 2 atom stereocenters. The lowest BCUT2D eigenvalue weighted by atomic mass is 10.1. The van der Waals surface area contributed by atoms with E-state index in [0.717, 1.165) is 11.3 Å². The van der Waals surface area contributed by atoms with Crippen LogP contribution in [-0.4, -0.2) is 6.10 Å². The number of para-hydroxylation sites is 1. The van der Waals surface area contributed by atoms with Gasteiger partial charge in [0.05, 0.1) is 6.10 Å². The highest BCUT2D eigenvalue weighted by Crippen LogP contribution is 2.42. The normalized spacial score (nSPS) is 21.6. The number of benzene rings is 2. The molecule has 0 aliphatic carbocycles. The molecule has 3 rings (SSSR count). The summed E-state index contributed by atoms with van der Waals surface area (Å²) in [6.07, 6.45) is 0.517. The van der Waals surface area contributed by atoms with Gasteiger partial charge in [-0.25, -0.2) is 0 Å². The van der Waals surface area contributed by atoms with E-state index < -0.39 is 0 Å². The summed E-state index contributed by atoms with van der Waals surface area (Å²) in [4.78, 5) is 0. The summed E-state index contributed by atoms with van der Waals surface area (Å²) in [6, 6.07) is 18.3. The van der Waals surface area contributed by atoms with Crippen molar-refractivity contribution in [2.45, 2.75) is 25.7 Å². The molecule has 1 saturated heterocycles. The average Bonchev–Trinajstić information content (AvgIpc) is 3.15. The lowest BCUT2D eigenvalue weighted by Crippen LogP contribution is -1.98. The average molecular weight is 240 g/mol. The summed E-state index contributed by atoms with van der Waals surface area (Å²) in [6.45, 7) is 2.68. The summed E-state index contributed by atoms with van der Waals surface area (Å²) in [7, 11) is 0. The van der Waals surface area contributed by atoms with Crippen molar-refractivity contribution in [2.24, 2.45) is 0 Å². The predicted molar refractivity (Wildman–Crippen MR) is 70.5 cm³/mol. The first-order chi connectivity index (χ1) is 8.84. The van der Waals surface area contributed by atoms with Crippen LogP contribution in [0.15, 0.2) is 54.6 Å². The Morgan fingerprint density at radius 3 is 2.39 bits per heavy atom. The van der Waals surface area contributed by atoms with Crippen LogP contribution in [0.2, 0.25) is 0 Å². The van der Waals surface area contributed by atoms with E-state index in [1.54, 1.807) is 0 Å². The highest BCUT2D eigenvalue weighted by Gasteiger charge is 2.37. The van der Waals surface area contributed by atoms with Gasteiger partial charge in [-0.2, -0.15) is 0 Å². The topological polar surface area (TPSA) is 21.8 Å². The highest BCUT2D eigenvalue weighted by atomic mass is 16.6. The SMILES string of the molecule is C[C@@H]1O[C@H]1c1ccccc1OCc1ccccc1. The molecule has 1 aliphatic heterocycles. The Bertz CT molecular complexity index is 522. The van der Waals surface area contributed by atoms with Crippen LogP contribution in [0.5, 0.6) is 5.75 Å². The van der Waals surface area contributed by atoms with E-state index in [4.69, 9.17) is 9.47 Å². The molecule has 0 amide bonds. The molecule has 1 aliphatic rings. The molecule has 0 aromatic heterocycles. The minimum atomic E-state index is 0.206. The van der Waals surface area contributed by atoms with E-state index in [1.165, 1.54) is 5.56 Å². The van der Waals surface area contributed by atoms with Crippen molar-refractivity contribution in [1.29, 1.82) is 0 Å². The molecule has 1 heterocycles. The van der Waals surface area contributed by atoms with Crippen molar-refractivity contribution in [2.75, 3.05) is 0 Å². The highest BCUT2D eigenvalue weighted by molar-refractivity contribution is 5.37. The molecular weight excluding hydrogens is 224 g/mol. The van der Waals surface area contributed by atoms with Crippen molar-refractivity contribution in [3.8, 4) is 5.75 Å². The van der Waals surface area contributed by atoms with Crippen LogP contribution in [0.4, 0.5) is 0 Å². The molecule has 0 radical (unpaired) electrons. The van der Waals surface area contributed by atoms with Crippen LogP contribution in [0.1, 0.15) is 24.2 Å². The first-order valence-corrected chi connectivity index (χ1v) is 6.26. The first-order valence-electron chi connectivity index (χ1n) is 6.26. The lowest BCUT2D eigenvalue weighted by molar-refractivity contribution is 0.297. The second-order valence-corrected chi connectivity index (χ2v) is 4.57. The molecule has 1 fully saturated rings. The Labute approximate surface area is 107 Å². The van der Waals surface area contributed by atoms with Gasteiger partial charge in [0.1, 0.15) is 18.5 Å². The fraction of sp³-hybridized carbons (Fsp3) is 0.250. The zero-order valence-electron chi connectivity index (χ0n) is 10.4. The van der Waals surface area contributed by atoms with Crippen LogP contribution in [0.25, 0.3) is 0 Å². The van der Waals surface area contributed by atoms with Crippen LogP contribution in [0, 0.1) is 0 Å². The van der Waals surface area contributed by atoms with Gasteiger partial charge >= 0.3 is 0 Å². The minimum Gasteiger partial charge on any atom is -0.489 e. The van der Waals surface area contributed by atoms with Gasteiger partial charge in [-0.3, -0.25) is 0 Å². The maximum atomic E-state index is 5.89. The molecule has 2 heteroatoms. The Kier molecular flexibility index (Phi) is 3.03. The number of rotatable bonds is 4. The van der Waals surface area contributed by atoms with Crippen LogP contribution in [0.3, 0.4) is 0 Å². The molecule has 92 valence electrons. The van der Waals surface area contributed by atoms with Gasteiger partial charge < -0.3 is 9.47 Å². The van der Waals surface area contributed by atoms with Gasteiger partial charge in [-0.05, 0) is 18.6 Å². The number of hydrogen-bond donors (Lipinski definition) is 0. The molecule has 0 N–H and O–H groups in total. The Hall–Kier alpha value is -1.80. The van der Waals surface area contributed by atoms with Gasteiger partial charge in [-0.1, -0.05) is 48.5 Å². The van der Waals surface area contributed by atoms with E-state index in [0.29, 0.717) is 12.7 Å². The number of epoxide rings is 1. The quantitative estimate of drug-likeness (QED) is 0.760. The van der Waals surface area contributed by atoms with Crippen molar-refractivity contribution < 1.29 is 9.47 Å². The zero-order chi connectivity index (χ0) is 12.4. The van der Waals surface area contributed by atoms with Crippen LogP contribution >= 0.6 is 0 Å². The third kappa shape index (κ3) is 2.39. The lowest BCUT2D eigenvalue weighted by Gasteiger charge is -2.10. The molecular formula is C16H16O2. The third-order valence-electron chi connectivity index (χ3n) is 3.17. The van der Waals surface area contributed by atoms with Gasteiger partial charge in [0.15, 0.2) is 0 Å². The second-order valence-electron chi connectivity index (χ2n) is 4.57. The van der Waals surface area contributed by atoms with E-state index >= 15 is 0 Å². The van der Waals surface area contributed by atoms with Crippen LogP contribution in [-0.2, 0) is 11.3 Å². The fourth-order valence-corrected chi connectivity index (χ4v) is 2.09. The summed E-state index contributed by atoms with van der Waals surface area (Å²) in [5, 5.41) is 0. The smallest absolute Gasteiger partial charge is 0.125 e. The first kappa shape index (κ1) is 11.3. The molecule has 2 aromatic carbocycles. The summed E-state index contributed by atoms with van der Waals surface area (Å²) < 4.78 is 11.4. The molecule has 0 spiro atoms. The monoisotopic (exact) mass is 240 g/mol. The number of hydrogen-bond acceptors (Lipinski definition) is 2. The minimum absolute atomic E-state index is 0.206. The standard InChI is InChI=1S/C16H16O2/c1-12-16(18-12)14-9-5-6-10-15(14)17-11-13-7-3-2-4-8-13/h2-10,12,16H,11H2,1H3/t12-,16+/m0/s1. The molecule has 0 unspecified atom stereocenters. The van der Waals surface area contributed by atoms with Crippen LogP contribution < -0.4 is 4.74 Å². The summed E-state index contributed by atoms with van der Waals surface area (Å²) >= 11 is 0. The summed E-state index contributed by atoms with van der Waals surface area (Å²) in [5.41, 5.74) is 2.33. The Morgan fingerprint density at radius 1 is 1.00 bits per heavy atom. The van der Waals surface area contributed by atoms with Crippen molar-refractivity contribution in [1.82, 2.24) is 0 Å². The molecule has 0 saturated carbocycles. The Balaban J connectivity index is 1.73. The van der Waals surface area contributed by atoms with Gasteiger partial charge in [0, 0.05) is 5.56 Å². The molecule has 2 nitrogen and oxygen atoms in total. The van der Waals surface area contributed by atoms with Crippen molar-refractivity contribution in [3.63, 3.8) is 0 Å². The van der Waals surface area contributed by atoms with E-state index in [1.807, 2.05) is 36.4 Å². The molecule has 2 aromatic rings. The van der Waals surface area contributed by atoms with E-state index in [2.05, 4.69) is 25.1 Å². The van der Waals surface area contributed by atoms with Gasteiger partial charge in [-0.15, -0.1) is 0 Å². The van der Waals surface area contributed by atoms with E-state index in [9.17, 15) is 0 Å². The van der Waals surface area contributed by atoms with Crippen molar-refractivity contribution in [3.05, 3.63) is 65.7 Å². The zero-order valence-corrected chi connectivity index (χ0v) is 10.4. The predicted octanol–water partition coefficient (Wildman–Crippen LogP) is 3.73. The second kappa shape index (κ2) is 4.83. The van der Waals surface area contributed by atoms with Crippen molar-refractivity contribution >= 4 is 0 Å². The van der Waals surface area contributed by atoms with Gasteiger partial charge in [0.2, 0.25) is 0 Å². The maximum absolute atomic E-state index is 5.89. The summed E-state index contributed by atoms with van der Waals surface area (Å²) in [5.74, 6) is 0.927. The fourth-order valence-electron chi connectivity index (χ4n) is 2.09. The maximum Gasteiger partial charge on any atom is 0.125 e. The third-order valence-corrected chi connectivity index (χ3v) is 3.17. The largest absolute Gasteiger partial charge is 0.489 e.